The number of carbonyl (C=O) groups is 1. The molecule has 0 saturated carbocycles. The highest BCUT2D eigenvalue weighted by Crippen LogP contribution is 2.36. The molecule has 0 unspecified atom stereocenters. The molecule has 0 aromatic heterocycles. The lowest BCUT2D eigenvalue weighted by Crippen LogP contribution is -2.07. The Morgan fingerprint density at radius 2 is 1.95 bits per heavy atom. The fraction of sp³-hybridized carbons (Fsp3) is 0.235. The van der Waals surface area contributed by atoms with Gasteiger partial charge in [0.1, 0.15) is 0 Å². The van der Waals surface area contributed by atoms with Crippen molar-refractivity contribution < 1.29 is 9.53 Å². The van der Waals surface area contributed by atoms with Gasteiger partial charge in [-0.25, -0.2) is 4.79 Å². The Balaban J connectivity index is 2.38. The molecule has 0 bridgehead atoms. The first-order chi connectivity index (χ1) is 10.0. The second kappa shape index (κ2) is 6.68. The minimum atomic E-state index is -0.337. The molecule has 0 radical (unpaired) electrons. The summed E-state index contributed by atoms with van der Waals surface area (Å²) < 4.78 is 5.10. The maximum absolute atomic E-state index is 12.0. The SMILES string of the molecule is CCOC(=O)c1cccc(N)c1Sc1ccc(C)c(C)c1. The molecule has 3 nitrogen and oxygen atoms in total. The van der Waals surface area contributed by atoms with Crippen molar-refractivity contribution in [2.24, 2.45) is 0 Å². The molecule has 0 aliphatic rings. The Labute approximate surface area is 129 Å². The van der Waals surface area contributed by atoms with Crippen LogP contribution in [0, 0.1) is 13.8 Å². The van der Waals surface area contributed by atoms with Crippen LogP contribution in [0.4, 0.5) is 5.69 Å². The van der Waals surface area contributed by atoms with Crippen LogP contribution >= 0.6 is 11.8 Å². The lowest BCUT2D eigenvalue weighted by atomic mass is 10.1. The molecule has 0 aliphatic heterocycles. The van der Waals surface area contributed by atoms with Gasteiger partial charge < -0.3 is 10.5 Å². The summed E-state index contributed by atoms with van der Waals surface area (Å²) in [7, 11) is 0. The summed E-state index contributed by atoms with van der Waals surface area (Å²) in [5, 5.41) is 0. The van der Waals surface area contributed by atoms with Crippen LogP contribution < -0.4 is 5.73 Å². The van der Waals surface area contributed by atoms with Crippen molar-refractivity contribution >= 4 is 23.4 Å². The Morgan fingerprint density at radius 3 is 2.62 bits per heavy atom. The van der Waals surface area contributed by atoms with Crippen LogP contribution in [0.15, 0.2) is 46.2 Å². The van der Waals surface area contributed by atoms with Crippen molar-refractivity contribution in [1.29, 1.82) is 0 Å². The highest BCUT2D eigenvalue weighted by molar-refractivity contribution is 7.99. The molecule has 2 N–H and O–H groups in total. The van der Waals surface area contributed by atoms with Gasteiger partial charge in [0.15, 0.2) is 0 Å². The number of benzene rings is 2. The van der Waals surface area contributed by atoms with Gasteiger partial charge >= 0.3 is 5.97 Å². The van der Waals surface area contributed by atoms with E-state index < -0.39 is 0 Å². The van der Waals surface area contributed by atoms with E-state index in [1.807, 2.05) is 6.07 Å². The fourth-order valence-electron chi connectivity index (χ4n) is 1.93. The molecule has 0 spiro atoms. The Morgan fingerprint density at radius 1 is 1.19 bits per heavy atom. The van der Waals surface area contributed by atoms with Crippen LogP contribution in [-0.4, -0.2) is 12.6 Å². The number of nitrogen functional groups attached to an aromatic ring is 1. The van der Waals surface area contributed by atoms with Crippen LogP contribution in [0.3, 0.4) is 0 Å². The standard InChI is InChI=1S/C17H19NO2S/c1-4-20-17(19)14-6-5-7-15(18)16(14)21-13-9-8-11(2)12(3)10-13/h5-10H,4,18H2,1-3H3. The molecule has 2 aromatic rings. The Hall–Kier alpha value is -1.94. The van der Waals surface area contributed by atoms with Gasteiger partial charge in [-0.2, -0.15) is 0 Å². The summed E-state index contributed by atoms with van der Waals surface area (Å²) in [4.78, 5) is 13.8. The third-order valence-electron chi connectivity index (χ3n) is 3.24. The van der Waals surface area contributed by atoms with Gasteiger partial charge in [0.05, 0.1) is 12.2 Å². The molecular formula is C17H19NO2S. The summed E-state index contributed by atoms with van der Waals surface area (Å²) in [6.07, 6.45) is 0. The van der Waals surface area contributed by atoms with Gasteiger partial charge in [0.25, 0.3) is 0 Å². The monoisotopic (exact) mass is 301 g/mol. The zero-order valence-electron chi connectivity index (χ0n) is 12.5. The molecule has 0 aliphatic carbocycles. The number of hydrogen-bond donors (Lipinski definition) is 1. The zero-order valence-corrected chi connectivity index (χ0v) is 13.3. The summed E-state index contributed by atoms with van der Waals surface area (Å²) >= 11 is 1.49. The number of hydrogen-bond acceptors (Lipinski definition) is 4. The number of aryl methyl sites for hydroxylation is 2. The van der Waals surface area contributed by atoms with Crippen LogP contribution in [0.5, 0.6) is 0 Å². The predicted octanol–water partition coefficient (Wildman–Crippen LogP) is 4.21. The normalized spacial score (nSPS) is 10.4. The number of anilines is 1. The van der Waals surface area contributed by atoms with E-state index in [2.05, 4.69) is 26.0 Å². The molecular weight excluding hydrogens is 282 g/mol. The van der Waals surface area contributed by atoms with Crippen molar-refractivity contribution in [2.45, 2.75) is 30.6 Å². The number of rotatable bonds is 4. The Bertz CT molecular complexity index is 668. The van der Waals surface area contributed by atoms with E-state index in [9.17, 15) is 4.79 Å². The molecule has 2 rings (SSSR count). The van der Waals surface area contributed by atoms with Gasteiger partial charge in [-0.05, 0) is 56.2 Å². The molecule has 110 valence electrons. The van der Waals surface area contributed by atoms with Crippen molar-refractivity contribution in [1.82, 2.24) is 0 Å². The van der Waals surface area contributed by atoms with E-state index in [4.69, 9.17) is 10.5 Å². The van der Waals surface area contributed by atoms with E-state index in [1.54, 1.807) is 25.1 Å². The predicted molar refractivity (Wildman–Crippen MR) is 86.8 cm³/mol. The Kier molecular flexibility index (Phi) is 4.91. The van der Waals surface area contributed by atoms with Crippen LogP contribution in [-0.2, 0) is 4.74 Å². The molecule has 4 heteroatoms. The van der Waals surface area contributed by atoms with Crippen molar-refractivity contribution in [3.8, 4) is 0 Å². The third kappa shape index (κ3) is 3.58. The van der Waals surface area contributed by atoms with E-state index in [0.717, 1.165) is 9.79 Å². The van der Waals surface area contributed by atoms with Crippen molar-refractivity contribution in [2.75, 3.05) is 12.3 Å². The fourth-order valence-corrected chi connectivity index (χ4v) is 2.99. The average molecular weight is 301 g/mol. The third-order valence-corrected chi connectivity index (χ3v) is 4.39. The average Bonchev–Trinajstić information content (AvgIpc) is 2.45. The molecule has 0 amide bonds. The summed E-state index contributed by atoms with van der Waals surface area (Å²) in [6.45, 7) is 6.28. The van der Waals surface area contributed by atoms with E-state index in [-0.39, 0.29) is 5.97 Å². The molecule has 21 heavy (non-hydrogen) atoms. The summed E-state index contributed by atoms with van der Waals surface area (Å²) in [5.74, 6) is -0.337. The van der Waals surface area contributed by atoms with Crippen LogP contribution in [0.2, 0.25) is 0 Å². The van der Waals surface area contributed by atoms with Gasteiger partial charge in [0.2, 0.25) is 0 Å². The lowest BCUT2D eigenvalue weighted by Gasteiger charge is -2.12. The number of carbonyl (C=O) groups excluding carboxylic acids is 1. The second-order valence-corrected chi connectivity index (χ2v) is 5.88. The number of esters is 1. The molecule has 0 atom stereocenters. The smallest absolute Gasteiger partial charge is 0.339 e. The first kappa shape index (κ1) is 15.4. The molecule has 0 heterocycles. The first-order valence-corrected chi connectivity index (χ1v) is 7.65. The quantitative estimate of drug-likeness (QED) is 0.679. The maximum atomic E-state index is 12.0. The van der Waals surface area contributed by atoms with Crippen molar-refractivity contribution in [3.63, 3.8) is 0 Å². The van der Waals surface area contributed by atoms with Crippen LogP contribution in [0.1, 0.15) is 28.4 Å². The van der Waals surface area contributed by atoms with E-state index in [0.29, 0.717) is 17.9 Å². The zero-order chi connectivity index (χ0) is 15.4. The largest absolute Gasteiger partial charge is 0.462 e. The molecule has 2 aromatic carbocycles. The topological polar surface area (TPSA) is 52.3 Å². The highest BCUT2D eigenvalue weighted by Gasteiger charge is 2.16. The van der Waals surface area contributed by atoms with E-state index in [1.165, 1.54) is 22.9 Å². The summed E-state index contributed by atoms with van der Waals surface area (Å²) in [5.41, 5.74) is 9.60. The number of ether oxygens (including phenoxy) is 1. The van der Waals surface area contributed by atoms with Crippen LogP contribution in [0.25, 0.3) is 0 Å². The maximum Gasteiger partial charge on any atom is 0.339 e. The lowest BCUT2D eigenvalue weighted by molar-refractivity contribution is 0.0522. The van der Waals surface area contributed by atoms with E-state index >= 15 is 0 Å². The summed E-state index contributed by atoms with van der Waals surface area (Å²) in [6, 6.07) is 11.5. The van der Waals surface area contributed by atoms with Gasteiger partial charge in [-0.15, -0.1) is 0 Å². The first-order valence-electron chi connectivity index (χ1n) is 6.83. The number of nitrogens with two attached hydrogens (primary N) is 1. The second-order valence-electron chi connectivity index (χ2n) is 4.79. The van der Waals surface area contributed by atoms with Gasteiger partial charge in [-0.1, -0.05) is 23.9 Å². The minimum absolute atomic E-state index is 0.337. The highest BCUT2D eigenvalue weighted by atomic mass is 32.2. The minimum Gasteiger partial charge on any atom is -0.462 e. The van der Waals surface area contributed by atoms with Crippen molar-refractivity contribution in [3.05, 3.63) is 53.1 Å². The van der Waals surface area contributed by atoms with Gasteiger partial charge in [0, 0.05) is 15.5 Å². The molecule has 0 fully saturated rings. The molecule has 0 saturated heterocycles. The van der Waals surface area contributed by atoms with Gasteiger partial charge in [-0.3, -0.25) is 0 Å².